The van der Waals surface area contributed by atoms with Crippen LogP contribution in [-0.4, -0.2) is 42.7 Å². The molecule has 1 atom stereocenters. The highest BCUT2D eigenvalue weighted by atomic mass is 16.1. The molecule has 0 spiro atoms. The van der Waals surface area contributed by atoms with Crippen molar-refractivity contribution in [1.29, 1.82) is 0 Å². The Bertz CT molecular complexity index is 965. The van der Waals surface area contributed by atoms with Crippen molar-refractivity contribution >= 4 is 28.5 Å². The molecule has 3 aromatic rings. The van der Waals surface area contributed by atoms with Gasteiger partial charge in [-0.1, -0.05) is 36.4 Å². The molecular formula is C21H19N3O2. The second kappa shape index (κ2) is 7.06. The van der Waals surface area contributed by atoms with Gasteiger partial charge < -0.3 is 10.2 Å². The lowest BCUT2D eigenvalue weighted by atomic mass is 9.97. The molecular weight excluding hydrogens is 326 g/mol. The lowest BCUT2D eigenvalue weighted by Crippen LogP contribution is -2.54. The molecule has 1 aliphatic heterocycles. The summed E-state index contributed by atoms with van der Waals surface area (Å²) in [4.78, 5) is 30.6. The summed E-state index contributed by atoms with van der Waals surface area (Å²) in [6.07, 6.45) is 4.38. The highest BCUT2D eigenvalue weighted by molar-refractivity contribution is 6.06. The lowest BCUT2D eigenvalue weighted by molar-refractivity contribution is 0.0935. The van der Waals surface area contributed by atoms with Crippen LogP contribution in [0.3, 0.4) is 0 Å². The first-order valence-electron chi connectivity index (χ1n) is 8.67. The fourth-order valence-corrected chi connectivity index (χ4v) is 3.54. The van der Waals surface area contributed by atoms with E-state index in [1.807, 2.05) is 24.4 Å². The number of aldehydes is 1. The third kappa shape index (κ3) is 2.97. The summed E-state index contributed by atoms with van der Waals surface area (Å²) in [5.74, 6) is -0.0423. The van der Waals surface area contributed by atoms with Gasteiger partial charge in [0.2, 0.25) is 0 Å². The number of Topliss-reactive ketones (excluding diaryl/α,β-unsaturated/α-hetero) is 1. The smallest absolute Gasteiger partial charge is 0.182 e. The molecule has 130 valence electrons. The van der Waals surface area contributed by atoms with Crippen molar-refractivity contribution in [3.05, 3.63) is 72.1 Å². The molecule has 1 aromatic heterocycles. The Morgan fingerprint density at radius 3 is 2.92 bits per heavy atom. The second-order valence-electron chi connectivity index (χ2n) is 6.40. The van der Waals surface area contributed by atoms with Crippen molar-refractivity contribution < 1.29 is 9.59 Å². The van der Waals surface area contributed by atoms with Gasteiger partial charge in [-0.05, 0) is 12.1 Å². The highest BCUT2D eigenvalue weighted by Crippen LogP contribution is 2.27. The monoisotopic (exact) mass is 345 g/mol. The second-order valence-corrected chi connectivity index (χ2v) is 6.40. The Labute approximate surface area is 151 Å². The molecule has 5 nitrogen and oxygen atoms in total. The Kier molecular flexibility index (Phi) is 4.46. The number of hydrogen-bond acceptors (Lipinski definition) is 5. The van der Waals surface area contributed by atoms with Crippen LogP contribution in [0.5, 0.6) is 0 Å². The van der Waals surface area contributed by atoms with Crippen LogP contribution in [0.15, 0.2) is 60.9 Å². The highest BCUT2D eigenvalue weighted by Gasteiger charge is 2.28. The minimum atomic E-state index is -0.345. The van der Waals surface area contributed by atoms with E-state index in [9.17, 15) is 9.59 Å². The van der Waals surface area contributed by atoms with Gasteiger partial charge in [-0.2, -0.15) is 0 Å². The Balaban J connectivity index is 1.63. The summed E-state index contributed by atoms with van der Waals surface area (Å²) in [6, 6.07) is 14.7. The van der Waals surface area contributed by atoms with E-state index in [1.165, 1.54) is 0 Å². The van der Waals surface area contributed by atoms with Gasteiger partial charge in [0.15, 0.2) is 12.1 Å². The Morgan fingerprint density at radius 2 is 2.04 bits per heavy atom. The summed E-state index contributed by atoms with van der Waals surface area (Å²) in [6.45, 7) is 2.09. The number of fused-ring (bicyclic) bond motifs is 1. The fraction of sp³-hybridized carbons (Fsp3) is 0.190. The molecule has 2 aromatic carbocycles. The van der Waals surface area contributed by atoms with Crippen LogP contribution in [0.25, 0.3) is 10.8 Å². The summed E-state index contributed by atoms with van der Waals surface area (Å²) in [5.41, 5.74) is 2.02. The van der Waals surface area contributed by atoms with Crippen molar-refractivity contribution in [1.82, 2.24) is 10.3 Å². The van der Waals surface area contributed by atoms with E-state index in [0.717, 1.165) is 29.3 Å². The number of aromatic nitrogens is 1. The van der Waals surface area contributed by atoms with E-state index in [0.29, 0.717) is 24.2 Å². The van der Waals surface area contributed by atoms with Gasteiger partial charge in [-0.25, -0.2) is 0 Å². The van der Waals surface area contributed by atoms with Crippen LogP contribution in [0.2, 0.25) is 0 Å². The largest absolute Gasteiger partial charge is 0.368 e. The number of anilines is 1. The molecule has 4 rings (SSSR count). The number of nitrogens with zero attached hydrogens (tertiary/aromatic N) is 2. The van der Waals surface area contributed by atoms with E-state index < -0.39 is 0 Å². The van der Waals surface area contributed by atoms with E-state index in [1.54, 1.807) is 30.5 Å². The van der Waals surface area contributed by atoms with E-state index >= 15 is 0 Å². The number of carbonyl (C=O) groups is 2. The number of rotatable bonds is 4. The molecule has 0 aliphatic carbocycles. The van der Waals surface area contributed by atoms with Gasteiger partial charge in [-0.15, -0.1) is 0 Å². The van der Waals surface area contributed by atoms with Crippen LogP contribution in [0.4, 0.5) is 5.69 Å². The molecule has 1 aliphatic rings. The van der Waals surface area contributed by atoms with Crippen LogP contribution >= 0.6 is 0 Å². The minimum Gasteiger partial charge on any atom is -0.368 e. The standard InChI is InChI=1S/C21H19N3O2/c25-14-16-4-1-2-6-18(16)21(26)19-13-24(11-10-23-19)20-7-3-5-15-12-22-9-8-17(15)20/h1-9,12,14,19,23H,10-11,13H2. The number of carbonyl (C=O) groups excluding carboxylic acids is 2. The quantitative estimate of drug-likeness (QED) is 0.582. The van der Waals surface area contributed by atoms with E-state index in [2.05, 4.69) is 21.3 Å². The van der Waals surface area contributed by atoms with Crippen LogP contribution in [0.1, 0.15) is 20.7 Å². The molecule has 2 heterocycles. The number of pyridine rings is 1. The molecule has 1 saturated heterocycles. The third-order valence-corrected chi connectivity index (χ3v) is 4.84. The van der Waals surface area contributed by atoms with Crippen molar-refractivity contribution in [2.45, 2.75) is 6.04 Å². The molecule has 26 heavy (non-hydrogen) atoms. The molecule has 1 N–H and O–H groups in total. The molecule has 0 saturated carbocycles. The van der Waals surface area contributed by atoms with Crippen molar-refractivity contribution in [2.75, 3.05) is 24.5 Å². The van der Waals surface area contributed by atoms with Gasteiger partial charge in [0.05, 0.1) is 6.04 Å². The third-order valence-electron chi connectivity index (χ3n) is 4.84. The molecule has 0 amide bonds. The first-order valence-corrected chi connectivity index (χ1v) is 8.67. The molecule has 1 fully saturated rings. The minimum absolute atomic E-state index is 0.0423. The van der Waals surface area contributed by atoms with Gasteiger partial charge >= 0.3 is 0 Å². The average Bonchev–Trinajstić information content (AvgIpc) is 2.73. The van der Waals surface area contributed by atoms with Crippen molar-refractivity contribution in [3.63, 3.8) is 0 Å². The van der Waals surface area contributed by atoms with Crippen LogP contribution in [0, 0.1) is 0 Å². The maximum atomic E-state index is 13.0. The Morgan fingerprint density at radius 1 is 1.15 bits per heavy atom. The van der Waals surface area contributed by atoms with Gasteiger partial charge in [0.1, 0.15) is 0 Å². The SMILES string of the molecule is O=Cc1ccccc1C(=O)C1CN(c2cccc3cnccc23)CCN1. The number of piperazine rings is 1. The summed E-state index contributed by atoms with van der Waals surface area (Å²) in [5, 5.41) is 5.51. The topological polar surface area (TPSA) is 62.3 Å². The normalized spacial score (nSPS) is 17.2. The lowest BCUT2D eigenvalue weighted by Gasteiger charge is -2.35. The van der Waals surface area contributed by atoms with Crippen LogP contribution < -0.4 is 10.2 Å². The van der Waals surface area contributed by atoms with Crippen molar-refractivity contribution in [2.24, 2.45) is 0 Å². The summed E-state index contributed by atoms with van der Waals surface area (Å²) < 4.78 is 0. The van der Waals surface area contributed by atoms with Crippen molar-refractivity contribution in [3.8, 4) is 0 Å². The van der Waals surface area contributed by atoms with Gasteiger partial charge in [0.25, 0.3) is 0 Å². The molecule has 5 heteroatoms. The number of benzene rings is 2. The zero-order valence-electron chi connectivity index (χ0n) is 14.3. The maximum Gasteiger partial charge on any atom is 0.182 e. The zero-order valence-corrected chi connectivity index (χ0v) is 14.3. The van der Waals surface area contributed by atoms with Gasteiger partial charge in [0, 0.05) is 59.6 Å². The maximum absolute atomic E-state index is 13.0. The molecule has 0 bridgehead atoms. The zero-order chi connectivity index (χ0) is 17.9. The summed E-state index contributed by atoms with van der Waals surface area (Å²) >= 11 is 0. The number of ketones is 1. The predicted octanol–water partition coefficient (Wildman–Crippen LogP) is 2.71. The number of nitrogens with one attached hydrogen (secondary N) is 1. The first kappa shape index (κ1) is 16.4. The average molecular weight is 345 g/mol. The summed E-state index contributed by atoms with van der Waals surface area (Å²) in [7, 11) is 0. The Hall–Kier alpha value is -3.05. The number of hydrogen-bond donors (Lipinski definition) is 1. The first-order chi connectivity index (χ1) is 12.8. The van der Waals surface area contributed by atoms with Crippen LogP contribution in [-0.2, 0) is 0 Å². The van der Waals surface area contributed by atoms with E-state index in [-0.39, 0.29) is 11.8 Å². The van der Waals surface area contributed by atoms with E-state index in [4.69, 9.17) is 0 Å². The molecule has 0 radical (unpaired) electrons. The predicted molar refractivity (Wildman–Crippen MR) is 102 cm³/mol. The fourth-order valence-electron chi connectivity index (χ4n) is 3.54. The van der Waals surface area contributed by atoms with Gasteiger partial charge in [-0.3, -0.25) is 14.6 Å². The molecule has 1 unspecified atom stereocenters.